The van der Waals surface area contributed by atoms with E-state index in [9.17, 15) is 4.39 Å². The number of pyridine rings is 2. The van der Waals surface area contributed by atoms with Gasteiger partial charge in [-0.1, -0.05) is 37.0 Å². The minimum Gasteiger partial charge on any atom is -0.486 e. The van der Waals surface area contributed by atoms with Crippen LogP contribution < -0.4 is 15.4 Å². The molecule has 0 spiro atoms. The molecular weight excluding hydrogens is 464 g/mol. The first kappa shape index (κ1) is 23.3. The van der Waals surface area contributed by atoms with Crippen LogP contribution >= 0.6 is 23.2 Å². The fourth-order valence-electron chi connectivity index (χ4n) is 3.99. The van der Waals surface area contributed by atoms with E-state index in [0.717, 1.165) is 13.1 Å². The number of aromatic nitrogens is 2. The molecule has 0 radical (unpaired) electrons. The predicted molar refractivity (Wildman–Crippen MR) is 130 cm³/mol. The van der Waals surface area contributed by atoms with Gasteiger partial charge in [0.15, 0.2) is 11.6 Å². The molecule has 3 N–H and O–H groups in total. The Labute approximate surface area is 202 Å². The van der Waals surface area contributed by atoms with Crippen molar-refractivity contribution in [1.29, 1.82) is 5.41 Å². The molecule has 1 aliphatic rings. The van der Waals surface area contributed by atoms with Crippen molar-refractivity contribution >= 4 is 40.4 Å². The highest BCUT2D eigenvalue weighted by molar-refractivity contribution is 6.35. The summed E-state index contributed by atoms with van der Waals surface area (Å²) in [6.07, 6.45) is 4.02. The number of ether oxygens (including phenoxy) is 1. The van der Waals surface area contributed by atoms with Crippen molar-refractivity contribution in [3.8, 4) is 5.75 Å². The molecule has 33 heavy (non-hydrogen) atoms. The molecule has 4 rings (SSSR count). The van der Waals surface area contributed by atoms with Crippen molar-refractivity contribution in [3.63, 3.8) is 0 Å². The molecule has 172 valence electrons. The van der Waals surface area contributed by atoms with Crippen LogP contribution in [-0.2, 0) is 0 Å². The average Bonchev–Trinajstić information content (AvgIpc) is 2.72. The van der Waals surface area contributed by atoms with E-state index in [1.54, 1.807) is 18.2 Å². The van der Waals surface area contributed by atoms with Crippen LogP contribution in [0, 0.1) is 16.6 Å². The second-order valence-electron chi connectivity index (χ2n) is 8.95. The number of halogens is 3. The zero-order chi connectivity index (χ0) is 23.9. The molecule has 0 amide bonds. The number of rotatable bonds is 6. The van der Waals surface area contributed by atoms with Gasteiger partial charge in [-0.3, -0.25) is 10.4 Å². The fourth-order valence-corrected chi connectivity index (χ4v) is 4.66. The highest BCUT2D eigenvalue weighted by atomic mass is 35.5. The van der Waals surface area contributed by atoms with Gasteiger partial charge in [0.05, 0.1) is 15.8 Å². The van der Waals surface area contributed by atoms with E-state index in [-0.39, 0.29) is 11.1 Å². The van der Waals surface area contributed by atoms with E-state index in [4.69, 9.17) is 39.1 Å². The van der Waals surface area contributed by atoms with Crippen molar-refractivity contribution in [2.45, 2.75) is 26.9 Å². The van der Waals surface area contributed by atoms with E-state index < -0.39 is 11.9 Å². The summed E-state index contributed by atoms with van der Waals surface area (Å²) in [6.45, 7) is 7.54. The lowest BCUT2D eigenvalue weighted by Gasteiger charge is -2.46. The number of nitrogens with one attached hydrogen (secondary N) is 1. The normalized spacial score (nSPS) is 15.6. The van der Waals surface area contributed by atoms with Crippen LogP contribution in [0.5, 0.6) is 5.75 Å². The lowest BCUT2D eigenvalue weighted by Crippen LogP contribution is -2.53. The molecule has 1 atom stereocenters. The highest BCUT2D eigenvalue weighted by Crippen LogP contribution is 2.35. The Morgan fingerprint density at radius 2 is 1.85 bits per heavy atom. The average molecular weight is 488 g/mol. The maximum atomic E-state index is 14.8. The van der Waals surface area contributed by atoms with Crippen LogP contribution in [0.2, 0.25) is 10.0 Å². The second kappa shape index (κ2) is 8.80. The molecule has 6 nitrogen and oxygen atoms in total. The quantitative estimate of drug-likeness (QED) is 0.333. The van der Waals surface area contributed by atoms with Gasteiger partial charge in [-0.05, 0) is 36.6 Å². The summed E-state index contributed by atoms with van der Waals surface area (Å²) in [5.41, 5.74) is 8.04. The molecule has 0 aliphatic carbocycles. The van der Waals surface area contributed by atoms with Crippen molar-refractivity contribution in [2.75, 3.05) is 23.7 Å². The molecule has 9 heteroatoms. The smallest absolute Gasteiger partial charge is 0.166 e. The van der Waals surface area contributed by atoms with E-state index >= 15 is 0 Å². The summed E-state index contributed by atoms with van der Waals surface area (Å²) in [5, 5.41) is 9.40. The molecule has 2 aromatic heterocycles. The summed E-state index contributed by atoms with van der Waals surface area (Å²) in [5.74, 6) is 0.304. The van der Waals surface area contributed by atoms with Gasteiger partial charge in [0, 0.05) is 54.1 Å². The van der Waals surface area contributed by atoms with Gasteiger partial charge < -0.3 is 15.4 Å². The minimum absolute atomic E-state index is 0.0486. The number of nitrogens with two attached hydrogens (primary N) is 1. The maximum Gasteiger partial charge on any atom is 0.166 e. The predicted octanol–water partition coefficient (Wildman–Crippen LogP) is 5.91. The first-order valence-electron chi connectivity index (χ1n) is 10.4. The van der Waals surface area contributed by atoms with Crippen LogP contribution in [0.4, 0.5) is 15.9 Å². The third-order valence-corrected chi connectivity index (χ3v) is 6.15. The summed E-state index contributed by atoms with van der Waals surface area (Å²) in [7, 11) is 0. The van der Waals surface area contributed by atoms with Crippen molar-refractivity contribution in [2.24, 2.45) is 5.41 Å². The largest absolute Gasteiger partial charge is 0.486 e. The third kappa shape index (κ3) is 4.75. The first-order chi connectivity index (χ1) is 15.6. The van der Waals surface area contributed by atoms with Crippen LogP contribution in [0.15, 0.2) is 42.9 Å². The minimum atomic E-state index is -0.474. The highest BCUT2D eigenvalue weighted by Gasteiger charge is 2.36. The maximum absolute atomic E-state index is 14.8. The van der Waals surface area contributed by atoms with Gasteiger partial charge in [0.1, 0.15) is 11.9 Å². The molecule has 1 fully saturated rings. The second-order valence-corrected chi connectivity index (χ2v) is 9.77. The number of hydrogen-bond acceptors (Lipinski definition) is 6. The molecule has 1 aliphatic heterocycles. The van der Waals surface area contributed by atoms with Gasteiger partial charge >= 0.3 is 0 Å². The summed E-state index contributed by atoms with van der Waals surface area (Å²) in [6, 6.07) is 6.30. The topological polar surface area (TPSA) is 88.1 Å². The molecule has 1 saturated heterocycles. The molecule has 3 heterocycles. The molecular formula is C24H24Cl2FN5O. The van der Waals surface area contributed by atoms with Crippen LogP contribution in [0.3, 0.4) is 0 Å². The van der Waals surface area contributed by atoms with Crippen molar-refractivity contribution < 1.29 is 9.13 Å². The Hall–Kier alpha value is -2.90. The van der Waals surface area contributed by atoms with Crippen LogP contribution in [0.1, 0.15) is 43.6 Å². The lowest BCUT2D eigenvalue weighted by atomic mass is 9.84. The number of benzene rings is 1. The van der Waals surface area contributed by atoms with Gasteiger partial charge in [-0.15, -0.1) is 0 Å². The zero-order valence-corrected chi connectivity index (χ0v) is 20.0. The Balaban J connectivity index is 1.56. The van der Waals surface area contributed by atoms with Gasteiger partial charge in [-0.25, -0.2) is 9.37 Å². The molecule has 0 saturated carbocycles. The molecule has 0 bridgehead atoms. The Bertz CT molecular complexity index is 1210. The monoisotopic (exact) mass is 487 g/mol. The van der Waals surface area contributed by atoms with Crippen molar-refractivity contribution in [3.05, 3.63) is 75.4 Å². The zero-order valence-electron chi connectivity index (χ0n) is 18.5. The molecule has 3 aromatic rings. The standard InChI is InChI=1S/C24H24Cl2FN5O/c1-13(21-17(25)9-30-10-18(21)26)33-15-4-5-20(28)16(7-15)22(29)14-6-19(27)23(31-8-14)32-11-24(2,3)12-32/h4-10,13,29H,11-12,28H2,1-3H3/t13-/m1/s1. The summed E-state index contributed by atoms with van der Waals surface area (Å²) >= 11 is 12.5. The van der Waals surface area contributed by atoms with Crippen LogP contribution in [0.25, 0.3) is 0 Å². The lowest BCUT2D eigenvalue weighted by molar-refractivity contribution is 0.227. The number of anilines is 2. The number of nitrogen functional groups attached to an aromatic ring is 1. The van der Waals surface area contributed by atoms with Gasteiger partial charge in [0.2, 0.25) is 0 Å². The van der Waals surface area contributed by atoms with Crippen LogP contribution in [-0.4, -0.2) is 28.8 Å². The van der Waals surface area contributed by atoms with E-state index in [1.165, 1.54) is 24.7 Å². The SMILES string of the molecule is C[C@@H](Oc1ccc(N)c(C(=N)c2cnc(N3CC(C)(C)C3)c(F)c2)c1)c1c(Cl)cncc1Cl. The molecule has 1 aromatic carbocycles. The summed E-state index contributed by atoms with van der Waals surface area (Å²) in [4.78, 5) is 10.1. The number of hydrogen-bond donors (Lipinski definition) is 2. The van der Waals surface area contributed by atoms with E-state index in [1.807, 2.05) is 11.8 Å². The first-order valence-corrected chi connectivity index (χ1v) is 11.2. The van der Waals surface area contributed by atoms with Gasteiger partial charge in [0.25, 0.3) is 0 Å². The Morgan fingerprint density at radius 1 is 1.18 bits per heavy atom. The number of nitrogens with zero attached hydrogens (tertiary/aromatic N) is 3. The third-order valence-electron chi connectivity index (χ3n) is 5.55. The Morgan fingerprint density at radius 3 is 2.45 bits per heavy atom. The van der Waals surface area contributed by atoms with E-state index in [0.29, 0.717) is 44.0 Å². The van der Waals surface area contributed by atoms with Crippen molar-refractivity contribution in [1.82, 2.24) is 9.97 Å². The van der Waals surface area contributed by atoms with E-state index in [2.05, 4.69) is 23.8 Å². The fraction of sp³-hybridized carbons (Fsp3) is 0.292. The molecule has 0 unspecified atom stereocenters. The van der Waals surface area contributed by atoms with Gasteiger partial charge in [-0.2, -0.15) is 0 Å². The Kier molecular flexibility index (Phi) is 6.20. The summed E-state index contributed by atoms with van der Waals surface area (Å²) < 4.78 is 20.8.